The van der Waals surface area contributed by atoms with Gasteiger partial charge in [-0.05, 0) is 36.4 Å². The number of carbonyl (C=O) groups excluding carboxylic acids is 1. The van der Waals surface area contributed by atoms with E-state index in [1.165, 1.54) is 10.4 Å². The molecule has 2 N–H and O–H groups in total. The molecule has 0 saturated carbocycles. The number of carbonyl (C=O) groups is 1. The second-order valence-corrected chi connectivity index (χ2v) is 8.08. The van der Waals surface area contributed by atoms with E-state index >= 15 is 0 Å². The molecule has 0 radical (unpaired) electrons. The van der Waals surface area contributed by atoms with Gasteiger partial charge in [0.2, 0.25) is 5.91 Å². The number of rotatable bonds is 5. The average Bonchev–Trinajstić information content (AvgIpc) is 3.23. The lowest BCUT2D eigenvalue weighted by Gasteiger charge is -2.27. The van der Waals surface area contributed by atoms with E-state index in [1.54, 1.807) is 22.0 Å². The van der Waals surface area contributed by atoms with Gasteiger partial charge in [-0.3, -0.25) is 4.79 Å². The molecule has 0 unspecified atom stereocenters. The van der Waals surface area contributed by atoms with Crippen molar-refractivity contribution in [1.29, 1.82) is 0 Å². The highest BCUT2D eigenvalue weighted by Crippen LogP contribution is 2.25. The Balaban J connectivity index is 0.00000280. The van der Waals surface area contributed by atoms with Crippen LogP contribution >= 0.6 is 58.5 Å². The molecule has 10 heteroatoms. The van der Waals surface area contributed by atoms with Gasteiger partial charge in [0.05, 0.1) is 18.1 Å². The zero-order valence-electron chi connectivity index (χ0n) is 15.8. The number of thiophene rings is 1. The smallest absolute Gasteiger partial charge is 0.242 e. The predicted octanol–water partition coefficient (Wildman–Crippen LogP) is 3.65. The molecule has 0 saturated heterocycles. The summed E-state index contributed by atoms with van der Waals surface area (Å²) in [6, 6.07) is 3.91. The Morgan fingerprint density at radius 2 is 2.14 bits per heavy atom. The van der Waals surface area contributed by atoms with Crippen LogP contribution in [0.1, 0.15) is 23.1 Å². The molecule has 0 bridgehead atoms. The van der Waals surface area contributed by atoms with E-state index in [1.807, 2.05) is 18.9 Å². The number of hydrogen-bond acceptors (Lipinski definition) is 3. The highest BCUT2D eigenvalue weighted by atomic mass is 127. The number of nitrogens with one attached hydrogen (secondary N) is 2. The van der Waals surface area contributed by atoms with Crippen molar-refractivity contribution in [3.8, 4) is 0 Å². The first-order valence-electron chi connectivity index (χ1n) is 8.84. The van der Waals surface area contributed by atoms with Gasteiger partial charge in [-0.15, -0.1) is 35.3 Å². The predicted molar refractivity (Wildman–Crippen MR) is 127 cm³/mol. The van der Waals surface area contributed by atoms with Crippen molar-refractivity contribution in [1.82, 2.24) is 20.1 Å². The molecular formula is C18H24Cl2IN5OS. The molecule has 2 aromatic rings. The van der Waals surface area contributed by atoms with Crippen LogP contribution in [0.2, 0.25) is 10.2 Å². The first kappa shape index (κ1) is 23.3. The summed E-state index contributed by atoms with van der Waals surface area (Å²) in [5.41, 5.74) is 2.16. The van der Waals surface area contributed by atoms with Crippen molar-refractivity contribution in [2.24, 2.45) is 12.0 Å². The van der Waals surface area contributed by atoms with Crippen LogP contribution in [-0.4, -0.2) is 41.0 Å². The first-order chi connectivity index (χ1) is 13.0. The third kappa shape index (κ3) is 5.55. The topological polar surface area (TPSA) is 61.7 Å². The Hall–Kier alpha value is -0.970. The van der Waals surface area contributed by atoms with Gasteiger partial charge in [-0.1, -0.05) is 23.2 Å². The van der Waals surface area contributed by atoms with Gasteiger partial charge in [0.1, 0.15) is 5.15 Å². The van der Waals surface area contributed by atoms with Crippen LogP contribution in [0, 0.1) is 0 Å². The van der Waals surface area contributed by atoms with Gasteiger partial charge >= 0.3 is 0 Å². The molecule has 154 valence electrons. The van der Waals surface area contributed by atoms with Gasteiger partial charge in [0, 0.05) is 37.3 Å². The second-order valence-electron chi connectivity index (χ2n) is 6.32. The molecule has 1 aliphatic rings. The van der Waals surface area contributed by atoms with E-state index in [0.29, 0.717) is 35.8 Å². The van der Waals surface area contributed by atoms with Crippen LogP contribution in [0.5, 0.6) is 0 Å². The molecular weight excluding hydrogens is 532 g/mol. The summed E-state index contributed by atoms with van der Waals surface area (Å²) < 4.78 is 1.80. The summed E-state index contributed by atoms with van der Waals surface area (Å²) in [7, 11) is 1.85. The minimum absolute atomic E-state index is 0. The molecule has 0 aliphatic carbocycles. The first-order valence-corrected chi connectivity index (χ1v) is 10.5. The Bertz CT molecular complexity index is 851. The van der Waals surface area contributed by atoms with Gasteiger partial charge in [-0.2, -0.15) is 0 Å². The zero-order chi connectivity index (χ0) is 19.4. The highest BCUT2D eigenvalue weighted by molar-refractivity contribution is 14.0. The fraction of sp³-hybridized carbons (Fsp3) is 0.444. The number of amides is 1. The number of guanidine groups is 1. The van der Waals surface area contributed by atoms with Crippen LogP contribution in [0.3, 0.4) is 0 Å². The molecule has 0 aromatic carbocycles. The fourth-order valence-electron chi connectivity index (χ4n) is 2.97. The van der Waals surface area contributed by atoms with E-state index in [0.717, 1.165) is 18.7 Å². The minimum atomic E-state index is 0. The van der Waals surface area contributed by atoms with Gasteiger partial charge in [-0.25, -0.2) is 4.99 Å². The third-order valence-electron chi connectivity index (χ3n) is 4.53. The highest BCUT2D eigenvalue weighted by Gasteiger charge is 2.21. The van der Waals surface area contributed by atoms with Crippen LogP contribution in [0.4, 0.5) is 0 Å². The number of nitrogens with zero attached hydrogens (tertiary/aromatic N) is 3. The van der Waals surface area contributed by atoms with E-state index in [2.05, 4.69) is 27.1 Å². The Labute approximate surface area is 196 Å². The number of fused-ring (bicyclic) bond motifs is 1. The maximum absolute atomic E-state index is 12.6. The van der Waals surface area contributed by atoms with Crippen LogP contribution < -0.4 is 10.6 Å². The van der Waals surface area contributed by atoms with E-state index < -0.39 is 0 Å². The Morgan fingerprint density at radius 1 is 1.36 bits per heavy atom. The van der Waals surface area contributed by atoms with Gasteiger partial charge in [0.25, 0.3) is 0 Å². The lowest BCUT2D eigenvalue weighted by atomic mass is 10.1. The SMILES string of the molecule is CCNC(=NCc1cc(Cl)c(Cl)n1C)NCC(=O)N1CCc2sccc2C1.I. The molecule has 0 fully saturated rings. The summed E-state index contributed by atoms with van der Waals surface area (Å²) >= 11 is 13.9. The van der Waals surface area contributed by atoms with Crippen molar-refractivity contribution in [2.45, 2.75) is 26.4 Å². The molecule has 0 atom stereocenters. The van der Waals surface area contributed by atoms with Crippen molar-refractivity contribution < 1.29 is 4.79 Å². The number of aliphatic imine (C=N–C) groups is 1. The van der Waals surface area contributed by atoms with E-state index in [9.17, 15) is 4.79 Å². The third-order valence-corrected chi connectivity index (χ3v) is 6.39. The van der Waals surface area contributed by atoms with Crippen molar-refractivity contribution >= 4 is 70.4 Å². The van der Waals surface area contributed by atoms with Crippen LogP contribution in [-0.2, 0) is 31.4 Å². The molecule has 2 aromatic heterocycles. The number of hydrogen-bond donors (Lipinski definition) is 2. The fourth-order valence-corrected chi connectivity index (χ4v) is 4.28. The van der Waals surface area contributed by atoms with Gasteiger partial charge < -0.3 is 20.1 Å². The average molecular weight is 556 g/mol. The quantitative estimate of drug-likeness (QED) is 0.336. The molecule has 1 amide bonds. The summed E-state index contributed by atoms with van der Waals surface area (Å²) in [6.07, 6.45) is 0.932. The van der Waals surface area contributed by atoms with E-state index in [4.69, 9.17) is 23.2 Å². The maximum atomic E-state index is 12.6. The monoisotopic (exact) mass is 555 g/mol. The maximum Gasteiger partial charge on any atom is 0.242 e. The van der Waals surface area contributed by atoms with Crippen LogP contribution in [0.25, 0.3) is 0 Å². The molecule has 3 heterocycles. The van der Waals surface area contributed by atoms with Crippen LogP contribution in [0.15, 0.2) is 22.5 Å². The Morgan fingerprint density at radius 3 is 2.82 bits per heavy atom. The van der Waals surface area contributed by atoms with Crippen molar-refractivity contribution in [3.05, 3.63) is 43.8 Å². The molecule has 0 spiro atoms. The standard InChI is InChI=1S/C18H23Cl2N5OS.HI/c1-3-21-18(22-9-13-8-14(19)17(20)24(13)2)23-10-16(26)25-6-4-15-12(11-25)5-7-27-15;/h5,7-8H,3-4,6,9-11H2,1-2H3,(H2,21,22,23);1H. The lowest BCUT2D eigenvalue weighted by Crippen LogP contribution is -2.45. The molecule has 28 heavy (non-hydrogen) atoms. The normalized spacial score (nSPS) is 13.7. The molecule has 6 nitrogen and oxygen atoms in total. The summed E-state index contributed by atoms with van der Waals surface area (Å²) in [6.45, 7) is 4.76. The summed E-state index contributed by atoms with van der Waals surface area (Å²) in [5.74, 6) is 0.662. The molecule has 3 rings (SSSR count). The van der Waals surface area contributed by atoms with Gasteiger partial charge in [0.15, 0.2) is 5.96 Å². The largest absolute Gasteiger partial charge is 0.357 e. The number of halogens is 3. The lowest BCUT2D eigenvalue weighted by molar-refractivity contribution is -0.130. The second kappa shape index (κ2) is 10.7. The number of aromatic nitrogens is 1. The van der Waals surface area contributed by atoms with Crippen molar-refractivity contribution in [3.63, 3.8) is 0 Å². The Kier molecular flexibility index (Phi) is 8.91. The summed E-state index contributed by atoms with van der Waals surface area (Å²) in [5, 5.41) is 9.38. The van der Waals surface area contributed by atoms with Crippen molar-refractivity contribution in [2.75, 3.05) is 19.6 Å². The summed E-state index contributed by atoms with van der Waals surface area (Å²) in [4.78, 5) is 20.4. The molecule has 1 aliphatic heterocycles. The zero-order valence-corrected chi connectivity index (χ0v) is 20.5. The van der Waals surface area contributed by atoms with E-state index in [-0.39, 0.29) is 36.4 Å². The minimum Gasteiger partial charge on any atom is -0.357 e.